The van der Waals surface area contributed by atoms with Crippen molar-refractivity contribution in [3.8, 4) is 11.5 Å². The van der Waals surface area contributed by atoms with Gasteiger partial charge in [-0.2, -0.15) is 0 Å². The average molecular weight is 220 g/mol. The molecule has 1 aliphatic rings. The average Bonchev–Trinajstić information content (AvgIpc) is 2.28. The predicted molar refractivity (Wildman–Crippen MR) is 65.1 cm³/mol. The van der Waals surface area contributed by atoms with Crippen LogP contribution >= 0.6 is 0 Å². The van der Waals surface area contributed by atoms with Crippen LogP contribution < -0.4 is 4.74 Å². The lowest BCUT2D eigenvalue weighted by atomic mass is 9.97. The summed E-state index contributed by atoms with van der Waals surface area (Å²) < 4.78 is 5.96. The lowest BCUT2D eigenvalue weighted by molar-refractivity contribution is 0.160. The number of aromatic hydroxyl groups is 1. The molecule has 2 heteroatoms. The highest BCUT2D eigenvalue weighted by molar-refractivity contribution is 5.46. The van der Waals surface area contributed by atoms with Gasteiger partial charge in [0, 0.05) is 0 Å². The quantitative estimate of drug-likeness (QED) is 0.843. The molecule has 88 valence electrons. The Bertz CT molecular complexity index is 371. The van der Waals surface area contributed by atoms with Crippen LogP contribution in [0.5, 0.6) is 11.5 Å². The summed E-state index contributed by atoms with van der Waals surface area (Å²) in [5.41, 5.74) is 2.05. The Morgan fingerprint density at radius 2 is 2.25 bits per heavy atom. The third-order valence-electron chi connectivity index (χ3n) is 3.29. The Morgan fingerprint density at radius 3 is 3.00 bits per heavy atom. The first kappa shape index (κ1) is 11.3. The van der Waals surface area contributed by atoms with Crippen molar-refractivity contribution in [3.63, 3.8) is 0 Å². The van der Waals surface area contributed by atoms with E-state index in [0.29, 0.717) is 11.9 Å². The third kappa shape index (κ3) is 2.31. The molecular formula is C14H20O2. The molecule has 0 fully saturated rings. The van der Waals surface area contributed by atoms with Crippen LogP contribution in [0.15, 0.2) is 12.1 Å². The van der Waals surface area contributed by atoms with Crippen LogP contribution in [0, 0.1) is 6.92 Å². The number of fused-ring (bicyclic) bond motifs is 1. The van der Waals surface area contributed by atoms with Crippen molar-refractivity contribution in [2.24, 2.45) is 0 Å². The van der Waals surface area contributed by atoms with Crippen molar-refractivity contribution in [2.45, 2.75) is 52.1 Å². The summed E-state index contributed by atoms with van der Waals surface area (Å²) in [5, 5.41) is 9.63. The van der Waals surface area contributed by atoms with Gasteiger partial charge in [-0.05, 0) is 49.4 Å². The zero-order valence-corrected chi connectivity index (χ0v) is 10.1. The normalized spacial score (nSPS) is 19.0. The molecule has 0 aromatic heterocycles. The Balaban J connectivity index is 2.11. The van der Waals surface area contributed by atoms with Gasteiger partial charge in [-0.15, -0.1) is 0 Å². The van der Waals surface area contributed by atoms with Gasteiger partial charge in [0.25, 0.3) is 0 Å². The highest BCUT2D eigenvalue weighted by Crippen LogP contribution is 2.34. The summed E-state index contributed by atoms with van der Waals surface area (Å²) in [5.74, 6) is 1.36. The number of benzene rings is 1. The minimum atomic E-state index is 0.372. The zero-order chi connectivity index (χ0) is 11.5. The largest absolute Gasteiger partial charge is 0.508 e. The van der Waals surface area contributed by atoms with E-state index in [9.17, 15) is 5.11 Å². The number of ether oxygens (including phenoxy) is 1. The van der Waals surface area contributed by atoms with Gasteiger partial charge in [-0.1, -0.05) is 19.8 Å². The summed E-state index contributed by atoms with van der Waals surface area (Å²) in [6, 6.07) is 3.81. The van der Waals surface area contributed by atoms with Crippen LogP contribution in [0.2, 0.25) is 0 Å². The Morgan fingerprint density at radius 1 is 1.44 bits per heavy atom. The van der Waals surface area contributed by atoms with Crippen LogP contribution in [0.1, 0.15) is 43.7 Å². The highest BCUT2D eigenvalue weighted by atomic mass is 16.5. The first-order valence-electron chi connectivity index (χ1n) is 6.20. The minimum Gasteiger partial charge on any atom is -0.508 e. The molecule has 1 heterocycles. The van der Waals surface area contributed by atoms with Crippen molar-refractivity contribution in [2.75, 3.05) is 0 Å². The maximum absolute atomic E-state index is 9.63. The summed E-state index contributed by atoms with van der Waals surface area (Å²) in [6.45, 7) is 4.12. The first-order valence-corrected chi connectivity index (χ1v) is 6.20. The van der Waals surface area contributed by atoms with Gasteiger partial charge in [0.1, 0.15) is 11.5 Å². The Labute approximate surface area is 97.3 Å². The van der Waals surface area contributed by atoms with E-state index in [1.165, 1.54) is 12.8 Å². The molecule has 1 unspecified atom stereocenters. The molecule has 0 bridgehead atoms. The summed E-state index contributed by atoms with van der Waals surface area (Å²) in [7, 11) is 0. The second-order valence-electron chi connectivity index (χ2n) is 4.67. The number of phenolic OH excluding ortho intramolecular Hbond substituents is 1. The molecule has 0 aliphatic carbocycles. The number of hydrogen-bond acceptors (Lipinski definition) is 2. The van der Waals surface area contributed by atoms with E-state index in [2.05, 4.69) is 6.92 Å². The topological polar surface area (TPSA) is 29.5 Å². The van der Waals surface area contributed by atoms with Crippen LogP contribution in [0.25, 0.3) is 0 Å². The van der Waals surface area contributed by atoms with Gasteiger partial charge in [0.2, 0.25) is 0 Å². The molecule has 0 spiro atoms. The van der Waals surface area contributed by atoms with E-state index in [1.54, 1.807) is 0 Å². The molecule has 1 aromatic rings. The predicted octanol–water partition coefficient (Wildman–Crippen LogP) is 3.58. The maximum atomic E-state index is 9.63. The smallest absolute Gasteiger partial charge is 0.123 e. The number of hydrogen-bond donors (Lipinski definition) is 1. The summed E-state index contributed by atoms with van der Waals surface area (Å²) in [4.78, 5) is 0. The fourth-order valence-corrected chi connectivity index (χ4v) is 2.21. The number of aryl methyl sites for hydroxylation is 2. The fourth-order valence-electron chi connectivity index (χ4n) is 2.21. The van der Waals surface area contributed by atoms with Crippen LogP contribution in [-0.2, 0) is 6.42 Å². The fraction of sp³-hybridized carbons (Fsp3) is 0.571. The number of rotatable bonds is 3. The van der Waals surface area contributed by atoms with Crippen LogP contribution in [0.4, 0.5) is 0 Å². The molecule has 1 aliphatic heterocycles. The van der Waals surface area contributed by atoms with E-state index in [0.717, 1.165) is 36.1 Å². The summed E-state index contributed by atoms with van der Waals surface area (Å²) in [6.07, 6.45) is 6.08. The molecule has 0 saturated carbocycles. The van der Waals surface area contributed by atoms with Crippen molar-refractivity contribution < 1.29 is 9.84 Å². The highest BCUT2D eigenvalue weighted by Gasteiger charge is 2.20. The van der Waals surface area contributed by atoms with Gasteiger partial charge < -0.3 is 9.84 Å². The summed E-state index contributed by atoms with van der Waals surface area (Å²) >= 11 is 0. The zero-order valence-electron chi connectivity index (χ0n) is 10.1. The molecule has 2 nitrogen and oxygen atoms in total. The van der Waals surface area contributed by atoms with Crippen LogP contribution in [0.3, 0.4) is 0 Å². The standard InChI is InChI=1S/C14H20O2/c1-3-4-5-12-7-6-11-9-13(15)10(2)8-14(11)16-12/h8-9,12,15H,3-7H2,1-2H3. The molecular weight excluding hydrogens is 200 g/mol. The van der Waals surface area contributed by atoms with E-state index in [-0.39, 0.29) is 0 Å². The molecule has 1 atom stereocenters. The molecule has 0 amide bonds. The molecule has 2 rings (SSSR count). The van der Waals surface area contributed by atoms with Gasteiger partial charge in [0.05, 0.1) is 6.10 Å². The molecule has 1 aromatic carbocycles. The first-order chi connectivity index (χ1) is 7.70. The SMILES string of the molecule is CCCCC1CCc2cc(O)c(C)cc2O1. The Hall–Kier alpha value is -1.18. The van der Waals surface area contributed by atoms with Gasteiger partial charge >= 0.3 is 0 Å². The third-order valence-corrected chi connectivity index (χ3v) is 3.29. The van der Waals surface area contributed by atoms with E-state index in [1.807, 2.05) is 19.1 Å². The maximum Gasteiger partial charge on any atom is 0.123 e. The van der Waals surface area contributed by atoms with E-state index < -0.39 is 0 Å². The monoisotopic (exact) mass is 220 g/mol. The van der Waals surface area contributed by atoms with Gasteiger partial charge in [-0.25, -0.2) is 0 Å². The second kappa shape index (κ2) is 4.77. The van der Waals surface area contributed by atoms with Crippen molar-refractivity contribution in [1.29, 1.82) is 0 Å². The Kier molecular flexibility index (Phi) is 3.37. The molecule has 16 heavy (non-hydrogen) atoms. The second-order valence-corrected chi connectivity index (χ2v) is 4.67. The molecule has 0 radical (unpaired) electrons. The molecule has 1 N–H and O–H groups in total. The number of unbranched alkanes of at least 4 members (excludes halogenated alkanes) is 1. The molecule has 0 saturated heterocycles. The van der Waals surface area contributed by atoms with Crippen molar-refractivity contribution in [3.05, 3.63) is 23.3 Å². The van der Waals surface area contributed by atoms with Crippen LogP contribution in [-0.4, -0.2) is 11.2 Å². The van der Waals surface area contributed by atoms with E-state index >= 15 is 0 Å². The lowest BCUT2D eigenvalue weighted by Crippen LogP contribution is -2.22. The van der Waals surface area contributed by atoms with Crippen molar-refractivity contribution >= 4 is 0 Å². The minimum absolute atomic E-state index is 0.372. The van der Waals surface area contributed by atoms with E-state index in [4.69, 9.17) is 4.74 Å². The van der Waals surface area contributed by atoms with Gasteiger partial charge in [-0.3, -0.25) is 0 Å². The van der Waals surface area contributed by atoms with Gasteiger partial charge in [0.15, 0.2) is 0 Å². The number of phenols is 1. The van der Waals surface area contributed by atoms with Crippen molar-refractivity contribution in [1.82, 2.24) is 0 Å². The lowest BCUT2D eigenvalue weighted by Gasteiger charge is -2.26.